The summed E-state index contributed by atoms with van der Waals surface area (Å²) in [4.78, 5) is 34.8. The number of primary amides is 1. The summed E-state index contributed by atoms with van der Waals surface area (Å²) < 4.78 is 14.6. The molecule has 0 radical (unpaired) electrons. The highest BCUT2D eigenvalue weighted by Crippen LogP contribution is 2.26. The molecule has 32 heavy (non-hydrogen) atoms. The second-order valence-corrected chi connectivity index (χ2v) is 8.33. The lowest BCUT2D eigenvalue weighted by Crippen LogP contribution is -2.42. The highest BCUT2D eigenvalue weighted by atomic mass is 19.1. The summed E-state index contributed by atoms with van der Waals surface area (Å²) in [5.41, 5.74) is 11.9. The third kappa shape index (κ3) is 4.80. The molecule has 4 rings (SSSR count). The number of carbonyl (C=O) groups is 2. The van der Waals surface area contributed by atoms with Crippen molar-refractivity contribution >= 4 is 29.1 Å². The van der Waals surface area contributed by atoms with Crippen molar-refractivity contribution in [1.29, 1.82) is 0 Å². The number of nitrogens with two attached hydrogens (primary N) is 2. The maximum atomic E-state index is 14.6. The van der Waals surface area contributed by atoms with Crippen molar-refractivity contribution in [2.24, 2.45) is 11.5 Å². The summed E-state index contributed by atoms with van der Waals surface area (Å²) in [6.45, 7) is 1.38. The number of nitrogens with one attached hydrogen (secondary N) is 2. The number of nitrogens with zero attached hydrogens (tertiary/aromatic N) is 3. The summed E-state index contributed by atoms with van der Waals surface area (Å²) in [6, 6.07) is 4.10. The van der Waals surface area contributed by atoms with E-state index in [1.807, 2.05) is 0 Å². The fraction of sp³-hybridized carbons (Fsp3) is 0.455. The van der Waals surface area contributed by atoms with E-state index in [4.69, 9.17) is 11.5 Å². The average Bonchev–Trinajstić information content (AvgIpc) is 3.31. The van der Waals surface area contributed by atoms with Crippen molar-refractivity contribution in [3.63, 3.8) is 0 Å². The van der Waals surface area contributed by atoms with Crippen molar-refractivity contribution in [3.05, 3.63) is 41.5 Å². The largest absolute Gasteiger partial charge is 0.364 e. The Morgan fingerprint density at radius 3 is 2.59 bits per heavy atom. The topological polar surface area (TPSA) is 139 Å². The molecule has 0 unspecified atom stereocenters. The van der Waals surface area contributed by atoms with Crippen LogP contribution >= 0.6 is 0 Å². The molecular weight excluding hydrogens is 413 g/mol. The number of hydrogen-bond acceptors (Lipinski definition) is 7. The van der Waals surface area contributed by atoms with Crippen LogP contribution in [-0.4, -0.2) is 51.9 Å². The molecule has 9 nitrogen and oxygen atoms in total. The Morgan fingerprint density at radius 2 is 1.88 bits per heavy atom. The van der Waals surface area contributed by atoms with Crippen LogP contribution in [-0.2, 0) is 0 Å². The van der Waals surface area contributed by atoms with Crippen molar-refractivity contribution < 1.29 is 14.0 Å². The third-order valence-corrected chi connectivity index (χ3v) is 6.02. The molecule has 1 aliphatic heterocycles. The minimum Gasteiger partial charge on any atom is -0.364 e. The Balaban J connectivity index is 1.60. The highest BCUT2D eigenvalue weighted by Gasteiger charge is 2.24. The molecule has 1 aliphatic carbocycles. The van der Waals surface area contributed by atoms with Crippen LogP contribution in [0.3, 0.4) is 0 Å². The number of halogens is 1. The molecule has 2 fully saturated rings. The zero-order valence-corrected chi connectivity index (χ0v) is 17.8. The van der Waals surface area contributed by atoms with Gasteiger partial charge in [-0.15, -0.1) is 0 Å². The van der Waals surface area contributed by atoms with E-state index in [9.17, 15) is 14.0 Å². The van der Waals surface area contributed by atoms with Gasteiger partial charge in [0.15, 0.2) is 11.5 Å². The van der Waals surface area contributed by atoms with Crippen molar-refractivity contribution in [2.75, 3.05) is 23.7 Å². The molecule has 0 bridgehead atoms. The smallest absolute Gasteiger partial charge is 0.271 e. The van der Waals surface area contributed by atoms with Gasteiger partial charge in [-0.2, -0.15) is 0 Å². The van der Waals surface area contributed by atoms with Gasteiger partial charge in [-0.25, -0.2) is 14.4 Å². The number of likely N-dealkylation sites (tertiary alicyclic amines) is 1. The van der Waals surface area contributed by atoms with E-state index in [2.05, 4.69) is 20.6 Å². The lowest BCUT2D eigenvalue weighted by Gasteiger charge is -2.29. The van der Waals surface area contributed by atoms with Gasteiger partial charge in [-0.1, -0.05) is 12.8 Å². The van der Waals surface area contributed by atoms with Crippen LogP contribution in [0.2, 0.25) is 0 Å². The predicted octanol–water partition coefficient (Wildman–Crippen LogP) is 2.38. The number of rotatable bonds is 6. The SMILES string of the molecule is NC(=O)c1ncc(N[C@@H]2CCCC[C@@H]2N)nc1Nc1cc(C(=O)N2CCCC2)ccc1F. The number of aromatic nitrogens is 2. The van der Waals surface area contributed by atoms with E-state index in [0.717, 1.165) is 38.5 Å². The predicted molar refractivity (Wildman–Crippen MR) is 119 cm³/mol. The monoisotopic (exact) mass is 441 g/mol. The van der Waals surface area contributed by atoms with E-state index >= 15 is 0 Å². The number of hydrogen-bond donors (Lipinski definition) is 4. The van der Waals surface area contributed by atoms with E-state index in [1.165, 1.54) is 24.4 Å². The van der Waals surface area contributed by atoms with E-state index in [0.29, 0.717) is 24.5 Å². The molecule has 10 heteroatoms. The number of carbonyl (C=O) groups excluding carboxylic acids is 2. The van der Waals surface area contributed by atoms with Crippen molar-refractivity contribution in [2.45, 2.75) is 50.6 Å². The molecular formula is C22H28FN7O2. The second-order valence-electron chi connectivity index (χ2n) is 8.33. The van der Waals surface area contributed by atoms with Crippen LogP contribution in [0.25, 0.3) is 0 Å². The van der Waals surface area contributed by atoms with Gasteiger partial charge < -0.3 is 27.0 Å². The maximum absolute atomic E-state index is 14.6. The molecule has 1 saturated heterocycles. The maximum Gasteiger partial charge on any atom is 0.271 e. The van der Waals surface area contributed by atoms with Gasteiger partial charge >= 0.3 is 0 Å². The Labute approximate surface area is 185 Å². The summed E-state index contributed by atoms with van der Waals surface area (Å²) >= 11 is 0. The summed E-state index contributed by atoms with van der Waals surface area (Å²) in [5, 5.41) is 6.06. The standard InChI is InChI=1S/C22H28FN7O2/c23-14-8-7-13(22(32)30-9-3-4-10-30)11-17(14)28-21-19(20(25)31)26-12-18(29-21)27-16-6-2-1-5-15(16)24/h7-8,11-12,15-16H,1-6,9-10,24H2,(H2,25,31)(H2,27,28,29)/t15-,16+/m0/s1. The number of amides is 2. The fourth-order valence-corrected chi connectivity index (χ4v) is 4.24. The van der Waals surface area contributed by atoms with E-state index in [1.54, 1.807) is 4.90 Å². The first-order valence-corrected chi connectivity index (χ1v) is 11.0. The quantitative estimate of drug-likeness (QED) is 0.540. The number of anilines is 3. The normalized spacial score (nSPS) is 20.8. The summed E-state index contributed by atoms with van der Waals surface area (Å²) in [7, 11) is 0. The summed E-state index contributed by atoms with van der Waals surface area (Å²) in [5.74, 6) is -1.13. The molecule has 6 N–H and O–H groups in total. The molecule has 1 saturated carbocycles. The zero-order valence-electron chi connectivity index (χ0n) is 17.8. The Hall–Kier alpha value is -3.27. The zero-order chi connectivity index (χ0) is 22.7. The fourth-order valence-electron chi connectivity index (χ4n) is 4.24. The molecule has 1 aromatic carbocycles. The van der Waals surface area contributed by atoms with Gasteiger partial charge in [0.25, 0.3) is 11.8 Å². The van der Waals surface area contributed by atoms with Crippen LogP contribution in [0, 0.1) is 5.82 Å². The van der Waals surface area contributed by atoms with Crippen LogP contribution < -0.4 is 22.1 Å². The van der Waals surface area contributed by atoms with Crippen LogP contribution in [0.1, 0.15) is 59.4 Å². The Bertz CT molecular complexity index is 1010. The average molecular weight is 442 g/mol. The van der Waals surface area contributed by atoms with Gasteiger partial charge in [-0.3, -0.25) is 9.59 Å². The van der Waals surface area contributed by atoms with Gasteiger partial charge in [0.05, 0.1) is 11.9 Å². The van der Waals surface area contributed by atoms with E-state index in [-0.39, 0.29) is 35.2 Å². The molecule has 1 aromatic heterocycles. The Morgan fingerprint density at radius 1 is 1.12 bits per heavy atom. The van der Waals surface area contributed by atoms with Crippen LogP contribution in [0.15, 0.2) is 24.4 Å². The molecule has 2 amide bonds. The minimum atomic E-state index is -0.800. The molecule has 2 aliphatic rings. The van der Waals surface area contributed by atoms with Crippen molar-refractivity contribution in [3.8, 4) is 0 Å². The second kappa shape index (κ2) is 9.47. The highest BCUT2D eigenvalue weighted by molar-refractivity contribution is 5.97. The van der Waals surface area contributed by atoms with Crippen LogP contribution in [0.4, 0.5) is 21.7 Å². The molecule has 2 atom stereocenters. The van der Waals surface area contributed by atoms with Crippen molar-refractivity contribution in [1.82, 2.24) is 14.9 Å². The van der Waals surface area contributed by atoms with Gasteiger partial charge in [0.2, 0.25) is 0 Å². The van der Waals surface area contributed by atoms with Gasteiger partial charge in [-0.05, 0) is 43.9 Å². The number of benzene rings is 1. The first-order valence-electron chi connectivity index (χ1n) is 11.0. The first kappa shape index (κ1) is 21.9. The molecule has 170 valence electrons. The minimum absolute atomic E-state index is 0.0106. The van der Waals surface area contributed by atoms with Gasteiger partial charge in [0.1, 0.15) is 11.6 Å². The first-order chi connectivity index (χ1) is 15.4. The van der Waals surface area contributed by atoms with Crippen LogP contribution in [0.5, 0.6) is 0 Å². The lowest BCUT2D eigenvalue weighted by atomic mass is 9.91. The van der Waals surface area contributed by atoms with E-state index < -0.39 is 11.7 Å². The molecule has 0 spiro atoms. The molecule has 2 aromatic rings. The third-order valence-electron chi connectivity index (χ3n) is 6.02. The lowest BCUT2D eigenvalue weighted by molar-refractivity contribution is 0.0792. The Kier molecular flexibility index (Phi) is 6.50. The molecule has 2 heterocycles. The summed E-state index contributed by atoms with van der Waals surface area (Å²) in [6.07, 6.45) is 7.30. The van der Waals surface area contributed by atoms with Gasteiger partial charge in [0, 0.05) is 30.7 Å².